The van der Waals surface area contributed by atoms with Gasteiger partial charge >= 0.3 is 0 Å². The van der Waals surface area contributed by atoms with Crippen LogP contribution in [-0.2, 0) is 26.2 Å². The molecule has 0 heterocycles. The van der Waals surface area contributed by atoms with Gasteiger partial charge in [0.1, 0.15) is 18.3 Å². The van der Waals surface area contributed by atoms with E-state index in [9.17, 15) is 18.0 Å². The summed E-state index contributed by atoms with van der Waals surface area (Å²) in [7, 11) is -2.73. The number of nitrogens with one attached hydrogen (secondary N) is 1. The van der Waals surface area contributed by atoms with Crippen LogP contribution >= 0.6 is 23.2 Å². The molecule has 1 atom stereocenters. The Kier molecular flexibility index (Phi) is 10.7. The minimum Gasteiger partial charge on any atom is -0.497 e. The largest absolute Gasteiger partial charge is 0.497 e. The van der Waals surface area contributed by atoms with Crippen molar-refractivity contribution in [3.05, 3.63) is 88.4 Å². The molecule has 41 heavy (non-hydrogen) atoms. The minimum atomic E-state index is -4.26. The number of hydrogen-bond donors (Lipinski definition) is 1. The van der Waals surface area contributed by atoms with E-state index in [1.165, 1.54) is 42.3 Å². The fourth-order valence-electron chi connectivity index (χ4n) is 4.25. The van der Waals surface area contributed by atoms with E-state index in [2.05, 4.69) is 5.32 Å². The third kappa shape index (κ3) is 8.38. The topological polar surface area (TPSA) is 96.0 Å². The van der Waals surface area contributed by atoms with Crippen LogP contribution in [0.3, 0.4) is 0 Å². The van der Waals surface area contributed by atoms with Crippen LogP contribution in [0.5, 0.6) is 5.75 Å². The quantitative estimate of drug-likeness (QED) is 0.287. The number of rotatable bonds is 11. The van der Waals surface area contributed by atoms with Gasteiger partial charge in [-0.25, -0.2) is 8.42 Å². The van der Waals surface area contributed by atoms with Crippen LogP contribution in [0.2, 0.25) is 10.0 Å². The summed E-state index contributed by atoms with van der Waals surface area (Å²) in [6.07, 6.45) is 0.293. The second-order valence-electron chi connectivity index (χ2n) is 10.5. The van der Waals surface area contributed by atoms with Crippen molar-refractivity contribution in [1.82, 2.24) is 10.2 Å². The average molecular weight is 621 g/mol. The molecule has 0 spiro atoms. The molecule has 0 aromatic heterocycles. The molecule has 0 unspecified atom stereocenters. The molecule has 0 saturated heterocycles. The second-order valence-corrected chi connectivity index (χ2v) is 13.2. The first kappa shape index (κ1) is 32.2. The monoisotopic (exact) mass is 619 g/mol. The van der Waals surface area contributed by atoms with Crippen LogP contribution in [0.25, 0.3) is 0 Å². The lowest BCUT2D eigenvalue weighted by molar-refractivity contribution is -0.141. The highest BCUT2D eigenvalue weighted by Crippen LogP contribution is 2.33. The number of ether oxygens (including phenoxy) is 1. The number of anilines is 1. The van der Waals surface area contributed by atoms with Gasteiger partial charge in [0.15, 0.2) is 0 Å². The first-order chi connectivity index (χ1) is 19.3. The number of benzene rings is 3. The van der Waals surface area contributed by atoms with Gasteiger partial charge in [0.2, 0.25) is 11.8 Å². The predicted octanol–water partition coefficient (Wildman–Crippen LogP) is 5.92. The van der Waals surface area contributed by atoms with Crippen molar-refractivity contribution in [3.63, 3.8) is 0 Å². The summed E-state index contributed by atoms with van der Waals surface area (Å²) in [6.45, 7) is 6.75. The molecule has 220 valence electrons. The molecule has 0 bridgehead atoms. The zero-order valence-electron chi connectivity index (χ0n) is 23.7. The van der Waals surface area contributed by atoms with Crippen LogP contribution in [0, 0.1) is 0 Å². The van der Waals surface area contributed by atoms with E-state index in [4.69, 9.17) is 27.9 Å². The molecule has 0 saturated carbocycles. The van der Waals surface area contributed by atoms with Gasteiger partial charge in [0.25, 0.3) is 10.0 Å². The number of nitrogens with zero attached hydrogens (tertiary/aromatic N) is 2. The molecule has 0 aliphatic carbocycles. The van der Waals surface area contributed by atoms with Crippen molar-refractivity contribution >= 4 is 50.7 Å². The van der Waals surface area contributed by atoms with Crippen molar-refractivity contribution in [3.8, 4) is 5.75 Å². The van der Waals surface area contributed by atoms with E-state index >= 15 is 0 Å². The maximum atomic E-state index is 14.2. The maximum Gasteiger partial charge on any atom is 0.264 e. The van der Waals surface area contributed by atoms with Gasteiger partial charge in [-0.05, 0) is 75.2 Å². The van der Waals surface area contributed by atoms with Gasteiger partial charge < -0.3 is 15.0 Å². The molecular formula is C30H35Cl2N3O5S. The van der Waals surface area contributed by atoms with Gasteiger partial charge in [0.05, 0.1) is 22.7 Å². The number of carbonyl (C=O) groups is 2. The Morgan fingerprint density at radius 2 is 1.66 bits per heavy atom. The maximum absolute atomic E-state index is 14.2. The number of methoxy groups -OCH3 is 1. The van der Waals surface area contributed by atoms with E-state index in [1.54, 1.807) is 43.3 Å². The third-order valence-electron chi connectivity index (χ3n) is 6.16. The lowest BCUT2D eigenvalue weighted by atomic mass is 10.1. The van der Waals surface area contributed by atoms with Gasteiger partial charge in [0, 0.05) is 17.1 Å². The number of sulfonamides is 1. The zero-order chi connectivity index (χ0) is 30.4. The molecule has 3 rings (SSSR count). The molecule has 3 aromatic rings. The fraction of sp³-hybridized carbons (Fsp3) is 0.333. The van der Waals surface area contributed by atoms with E-state index < -0.39 is 34.1 Å². The molecule has 3 aromatic carbocycles. The number of halogens is 2. The predicted molar refractivity (Wildman–Crippen MR) is 163 cm³/mol. The highest BCUT2D eigenvalue weighted by molar-refractivity contribution is 7.92. The first-order valence-corrected chi connectivity index (χ1v) is 15.2. The molecule has 1 N–H and O–H groups in total. The zero-order valence-corrected chi connectivity index (χ0v) is 26.1. The molecule has 11 heteroatoms. The highest BCUT2D eigenvalue weighted by atomic mass is 35.5. The Bertz CT molecular complexity index is 1480. The smallest absolute Gasteiger partial charge is 0.264 e. The Hall–Kier alpha value is -3.27. The van der Waals surface area contributed by atoms with Crippen molar-refractivity contribution in [2.45, 2.75) is 57.1 Å². The number of hydrogen-bond acceptors (Lipinski definition) is 5. The van der Waals surface area contributed by atoms with Gasteiger partial charge in [-0.15, -0.1) is 0 Å². The molecule has 8 nitrogen and oxygen atoms in total. The van der Waals surface area contributed by atoms with E-state index in [1.807, 2.05) is 26.8 Å². The lowest BCUT2D eigenvalue weighted by Gasteiger charge is -2.35. The Morgan fingerprint density at radius 1 is 0.976 bits per heavy atom. The molecule has 0 radical (unpaired) electrons. The van der Waals surface area contributed by atoms with E-state index in [-0.39, 0.29) is 33.1 Å². The Balaban J connectivity index is 2.11. The summed E-state index contributed by atoms with van der Waals surface area (Å²) in [4.78, 5) is 28.9. The summed E-state index contributed by atoms with van der Waals surface area (Å²) in [5.74, 6) is -0.366. The van der Waals surface area contributed by atoms with Gasteiger partial charge in [-0.1, -0.05) is 60.5 Å². The summed E-state index contributed by atoms with van der Waals surface area (Å²) in [5.41, 5.74) is 0.203. The Morgan fingerprint density at radius 3 is 2.27 bits per heavy atom. The van der Waals surface area contributed by atoms with Gasteiger partial charge in [-0.3, -0.25) is 13.9 Å². The molecule has 0 aliphatic heterocycles. The Labute approximate surface area is 252 Å². The standard InChI is InChI=1S/C30H35Cl2N3O5S/c1-6-26(29(37)33-30(2,3)4)34(19-21-11-10-12-23(17-21)40-5)28(36)20-35(27-18-22(31)15-16-25(27)32)41(38,39)24-13-8-7-9-14-24/h7-18,26H,6,19-20H2,1-5H3,(H,33,37)/t26-/m1/s1. The molecule has 0 aliphatic rings. The van der Waals surface area contributed by atoms with Crippen LogP contribution in [0.4, 0.5) is 5.69 Å². The van der Waals surface area contributed by atoms with E-state index in [0.717, 1.165) is 4.31 Å². The van der Waals surface area contributed by atoms with Crippen LogP contribution in [0.1, 0.15) is 39.7 Å². The van der Waals surface area contributed by atoms with Crippen LogP contribution in [-0.4, -0.2) is 50.4 Å². The van der Waals surface area contributed by atoms with Crippen LogP contribution in [0.15, 0.2) is 77.7 Å². The summed E-state index contributed by atoms with van der Waals surface area (Å²) < 4.78 is 34.1. The first-order valence-electron chi connectivity index (χ1n) is 13.0. The number of carbonyl (C=O) groups excluding carboxylic acids is 2. The number of amides is 2. The van der Waals surface area contributed by atoms with Crippen molar-refractivity contribution in [1.29, 1.82) is 0 Å². The normalized spacial score (nSPS) is 12.4. The van der Waals surface area contributed by atoms with Gasteiger partial charge in [-0.2, -0.15) is 0 Å². The molecule has 0 fully saturated rings. The minimum absolute atomic E-state index is 0.0271. The average Bonchev–Trinajstić information content (AvgIpc) is 2.92. The van der Waals surface area contributed by atoms with E-state index in [0.29, 0.717) is 17.7 Å². The summed E-state index contributed by atoms with van der Waals surface area (Å²) in [6, 6.07) is 18.4. The van der Waals surface area contributed by atoms with Crippen molar-refractivity contribution in [2.75, 3.05) is 18.0 Å². The van der Waals surface area contributed by atoms with Crippen LogP contribution < -0.4 is 14.4 Å². The van der Waals surface area contributed by atoms with Crippen molar-refractivity contribution < 1.29 is 22.7 Å². The second kappa shape index (κ2) is 13.6. The third-order valence-corrected chi connectivity index (χ3v) is 8.49. The summed E-state index contributed by atoms with van der Waals surface area (Å²) >= 11 is 12.7. The molecular weight excluding hydrogens is 585 g/mol. The highest BCUT2D eigenvalue weighted by Gasteiger charge is 2.35. The lowest BCUT2D eigenvalue weighted by Crippen LogP contribution is -2.55. The summed E-state index contributed by atoms with van der Waals surface area (Å²) in [5, 5.41) is 3.28. The SMILES string of the molecule is CC[C@H](C(=O)NC(C)(C)C)N(Cc1cccc(OC)c1)C(=O)CN(c1cc(Cl)ccc1Cl)S(=O)(=O)c1ccccc1. The fourth-order valence-corrected chi connectivity index (χ4v) is 6.13. The van der Waals surface area contributed by atoms with Crippen molar-refractivity contribution in [2.24, 2.45) is 0 Å². The molecule has 2 amide bonds.